The standard InChI is InChI=1S/C14H18ClF2NO2S/c15-9-14(7-3-4-8-14)10-18-11-5-1-2-6-12(11)21(19,20)13(16)17/h1-2,5-6,13,18H,3-4,7-10H2. The van der Waals surface area contributed by atoms with Gasteiger partial charge in [0.25, 0.3) is 0 Å². The number of sulfone groups is 1. The molecule has 1 aromatic carbocycles. The van der Waals surface area contributed by atoms with Crippen LogP contribution in [0.15, 0.2) is 29.2 Å². The molecule has 0 unspecified atom stereocenters. The van der Waals surface area contributed by atoms with Gasteiger partial charge < -0.3 is 5.32 Å². The first-order chi connectivity index (χ1) is 9.91. The molecule has 2 rings (SSSR count). The second kappa shape index (κ2) is 6.48. The highest BCUT2D eigenvalue weighted by Crippen LogP contribution is 2.39. The second-order valence-electron chi connectivity index (χ2n) is 5.50. The minimum absolute atomic E-state index is 0.0801. The van der Waals surface area contributed by atoms with Crippen LogP contribution in [0.25, 0.3) is 0 Å². The normalized spacial score (nSPS) is 18.1. The van der Waals surface area contributed by atoms with Gasteiger partial charge in [0.2, 0.25) is 9.84 Å². The molecule has 0 saturated heterocycles. The van der Waals surface area contributed by atoms with Crippen molar-refractivity contribution in [2.24, 2.45) is 5.41 Å². The van der Waals surface area contributed by atoms with Crippen molar-refractivity contribution in [3.8, 4) is 0 Å². The van der Waals surface area contributed by atoms with Gasteiger partial charge in [0.1, 0.15) is 0 Å². The molecule has 7 heteroatoms. The quantitative estimate of drug-likeness (QED) is 0.801. The first kappa shape index (κ1) is 16.5. The van der Waals surface area contributed by atoms with Crippen LogP contribution in [-0.2, 0) is 9.84 Å². The van der Waals surface area contributed by atoms with Crippen LogP contribution in [0.2, 0.25) is 0 Å². The molecule has 118 valence electrons. The molecule has 3 nitrogen and oxygen atoms in total. The first-order valence-electron chi connectivity index (χ1n) is 6.82. The predicted molar refractivity (Wildman–Crippen MR) is 79.7 cm³/mol. The number of rotatable bonds is 6. The third-order valence-electron chi connectivity index (χ3n) is 4.03. The molecule has 0 aliphatic heterocycles. The largest absolute Gasteiger partial charge is 0.383 e. The topological polar surface area (TPSA) is 46.2 Å². The van der Waals surface area contributed by atoms with E-state index in [1.54, 1.807) is 6.07 Å². The average molecular weight is 338 g/mol. The van der Waals surface area contributed by atoms with E-state index in [9.17, 15) is 17.2 Å². The van der Waals surface area contributed by atoms with Crippen molar-refractivity contribution in [2.45, 2.75) is 36.3 Å². The maximum Gasteiger partial charge on any atom is 0.341 e. The van der Waals surface area contributed by atoms with Crippen LogP contribution in [0, 0.1) is 5.41 Å². The Balaban J connectivity index is 2.22. The summed E-state index contributed by atoms with van der Waals surface area (Å²) in [5.74, 6) is -2.95. The minimum Gasteiger partial charge on any atom is -0.383 e. The molecule has 1 aromatic rings. The van der Waals surface area contributed by atoms with Crippen LogP contribution in [0.3, 0.4) is 0 Å². The van der Waals surface area contributed by atoms with Gasteiger partial charge in [-0.25, -0.2) is 8.42 Å². The Labute approximate surface area is 128 Å². The molecule has 0 bridgehead atoms. The Morgan fingerprint density at radius 3 is 2.43 bits per heavy atom. The molecule has 0 spiro atoms. The van der Waals surface area contributed by atoms with Crippen LogP contribution >= 0.6 is 11.6 Å². The summed E-state index contributed by atoms with van der Waals surface area (Å²) < 4.78 is 48.8. The molecule has 0 radical (unpaired) electrons. The maximum absolute atomic E-state index is 12.7. The molecule has 1 N–H and O–H groups in total. The Morgan fingerprint density at radius 2 is 1.86 bits per heavy atom. The molecule has 1 aliphatic rings. The van der Waals surface area contributed by atoms with Crippen LogP contribution < -0.4 is 5.32 Å². The zero-order valence-electron chi connectivity index (χ0n) is 11.5. The molecule has 21 heavy (non-hydrogen) atoms. The zero-order chi connectivity index (χ0) is 15.5. The average Bonchev–Trinajstić information content (AvgIpc) is 2.95. The van der Waals surface area contributed by atoms with Crippen molar-refractivity contribution in [3.05, 3.63) is 24.3 Å². The van der Waals surface area contributed by atoms with E-state index < -0.39 is 15.6 Å². The Kier molecular flexibility index (Phi) is 5.09. The second-order valence-corrected chi connectivity index (χ2v) is 7.65. The number of hydrogen-bond acceptors (Lipinski definition) is 3. The van der Waals surface area contributed by atoms with Crippen molar-refractivity contribution in [1.82, 2.24) is 0 Å². The van der Waals surface area contributed by atoms with Gasteiger partial charge in [0.15, 0.2) is 0 Å². The number of anilines is 1. The first-order valence-corrected chi connectivity index (χ1v) is 8.90. The highest BCUT2D eigenvalue weighted by atomic mass is 35.5. The molecule has 1 fully saturated rings. The van der Waals surface area contributed by atoms with Crippen molar-refractivity contribution < 1.29 is 17.2 Å². The minimum atomic E-state index is -4.61. The van der Waals surface area contributed by atoms with E-state index in [1.807, 2.05) is 0 Å². The molecule has 0 heterocycles. The fraction of sp³-hybridized carbons (Fsp3) is 0.571. The van der Waals surface area contributed by atoms with Gasteiger partial charge in [-0.05, 0) is 25.0 Å². The van der Waals surface area contributed by atoms with Gasteiger partial charge in [0, 0.05) is 17.8 Å². The lowest BCUT2D eigenvalue weighted by molar-refractivity contribution is 0.235. The molecule has 0 amide bonds. The predicted octanol–water partition coefficient (Wildman–Crippen LogP) is 3.89. The van der Waals surface area contributed by atoms with Gasteiger partial charge in [0.05, 0.1) is 10.6 Å². The van der Waals surface area contributed by atoms with Crippen molar-refractivity contribution in [3.63, 3.8) is 0 Å². The molecular weight excluding hydrogens is 320 g/mol. The maximum atomic E-state index is 12.7. The van der Waals surface area contributed by atoms with E-state index >= 15 is 0 Å². The van der Waals surface area contributed by atoms with Gasteiger partial charge in [-0.3, -0.25) is 0 Å². The van der Waals surface area contributed by atoms with Crippen LogP contribution in [0.4, 0.5) is 14.5 Å². The number of halogens is 3. The van der Waals surface area contributed by atoms with Gasteiger partial charge in [-0.2, -0.15) is 8.78 Å². The van der Waals surface area contributed by atoms with E-state index in [2.05, 4.69) is 5.32 Å². The third kappa shape index (κ3) is 3.48. The van der Waals surface area contributed by atoms with Crippen LogP contribution in [0.1, 0.15) is 25.7 Å². The number of nitrogens with one attached hydrogen (secondary N) is 1. The number of para-hydroxylation sites is 1. The van der Waals surface area contributed by atoms with Crippen molar-refractivity contribution in [2.75, 3.05) is 17.7 Å². The van der Waals surface area contributed by atoms with Gasteiger partial charge in [-0.15, -0.1) is 11.6 Å². The fourth-order valence-electron chi connectivity index (χ4n) is 2.72. The van der Waals surface area contributed by atoms with Crippen LogP contribution in [0.5, 0.6) is 0 Å². The summed E-state index contributed by atoms with van der Waals surface area (Å²) in [6.45, 7) is 0.492. The van der Waals surface area contributed by atoms with E-state index in [0.29, 0.717) is 12.4 Å². The lowest BCUT2D eigenvalue weighted by Crippen LogP contribution is -2.29. The van der Waals surface area contributed by atoms with E-state index in [1.165, 1.54) is 18.2 Å². The third-order valence-corrected chi connectivity index (χ3v) is 6.03. The van der Waals surface area contributed by atoms with Crippen molar-refractivity contribution >= 4 is 27.1 Å². The number of alkyl halides is 3. The highest BCUT2D eigenvalue weighted by Gasteiger charge is 2.34. The van der Waals surface area contributed by atoms with Gasteiger partial charge in [-0.1, -0.05) is 25.0 Å². The summed E-state index contributed by atoms with van der Waals surface area (Å²) in [4.78, 5) is -0.359. The zero-order valence-corrected chi connectivity index (χ0v) is 13.1. The summed E-state index contributed by atoms with van der Waals surface area (Å²) in [7, 11) is -4.61. The van der Waals surface area contributed by atoms with Crippen molar-refractivity contribution in [1.29, 1.82) is 0 Å². The number of hydrogen-bond donors (Lipinski definition) is 1. The summed E-state index contributed by atoms with van der Waals surface area (Å²) in [5.41, 5.74) is 0.137. The lowest BCUT2D eigenvalue weighted by atomic mass is 9.88. The smallest absolute Gasteiger partial charge is 0.341 e. The van der Waals surface area contributed by atoms with Crippen LogP contribution in [-0.4, -0.2) is 26.6 Å². The fourth-order valence-corrected chi connectivity index (χ4v) is 3.99. The highest BCUT2D eigenvalue weighted by molar-refractivity contribution is 7.91. The molecule has 1 saturated carbocycles. The molecular formula is C14H18ClF2NO2S. The lowest BCUT2D eigenvalue weighted by Gasteiger charge is -2.27. The Morgan fingerprint density at radius 1 is 1.24 bits per heavy atom. The summed E-state index contributed by atoms with van der Waals surface area (Å²) in [6.07, 6.45) is 4.11. The number of benzene rings is 1. The summed E-state index contributed by atoms with van der Waals surface area (Å²) in [5, 5.41) is 3.01. The molecule has 0 atom stereocenters. The monoisotopic (exact) mass is 337 g/mol. The molecule has 1 aliphatic carbocycles. The van der Waals surface area contributed by atoms with E-state index in [-0.39, 0.29) is 16.0 Å². The summed E-state index contributed by atoms with van der Waals surface area (Å²) >= 11 is 6.03. The molecule has 0 aromatic heterocycles. The van der Waals surface area contributed by atoms with Gasteiger partial charge >= 0.3 is 5.76 Å². The van der Waals surface area contributed by atoms with E-state index in [0.717, 1.165) is 25.7 Å². The summed E-state index contributed by atoms with van der Waals surface area (Å²) in [6, 6.07) is 5.76. The van der Waals surface area contributed by atoms with E-state index in [4.69, 9.17) is 11.6 Å². The Hall–Kier alpha value is -0.880. The Bertz CT molecular complexity index is 586. The SMILES string of the molecule is O=S(=O)(c1ccccc1NCC1(CCl)CCCC1)C(F)F.